The van der Waals surface area contributed by atoms with Crippen LogP contribution < -0.4 is 5.32 Å². The fourth-order valence-electron chi connectivity index (χ4n) is 1.23. The van der Waals surface area contributed by atoms with Crippen molar-refractivity contribution in [1.82, 2.24) is 5.32 Å². The summed E-state index contributed by atoms with van der Waals surface area (Å²) in [6, 6.07) is 6.24. The van der Waals surface area contributed by atoms with Crippen LogP contribution in [0.3, 0.4) is 0 Å². The summed E-state index contributed by atoms with van der Waals surface area (Å²) in [6.45, 7) is 0. The van der Waals surface area contributed by atoms with Gasteiger partial charge in [0.1, 0.15) is 5.82 Å². The van der Waals surface area contributed by atoms with Gasteiger partial charge in [0.05, 0.1) is 5.56 Å². The van der Waals surface area contributed by atoms with Gasteiger partial charge in [-0.25, -0.2) is 4.39 Å². The lowest BCUT2D eigenvalue weighted by molar-refractivity contribution is 0.0938. The van der Waals surface area contributed by atoms with E-state index >= 15 is 0 Å². The minimum Gasteiger partial charge on any atom is -0.348 e. The van der Waals surface area contributed by atoms with Crippen molar-refractivity contribution in [3.63, 3.8) is 0 Å². The molecule has 0 unspecified atom stereocenters. The third-order valence-electron chi connectivity index (χ3n) is 2.09. The number of benzene rings is 1. The minimum absolute atomic E-state index is 0.129. The van der Waals surface area contributed by atoms with Crippen molar-refractivity contribution >= 4 is 17.7 Å². The van der Waals surface area contributed by atoms with E-state index in [9.17, 15) is 9.18 Å². The fourth-order valence-corrected chi connectivity index (χ4v) is 1.87. The Kier molecular flexibility index (Phi) is 2.72. The molecule has 0 spiro atoms. The van der Waals surface area contributed by atoms with Gasteiger partial charge in [0.25, 0.3) is 5.91 Å². The second kappa shape index (κ2) is 4.00. The van der Waals surface area contributed by atoms with Crippen LogP contribution in [-0.2, 0) is 0 Å². The van der Waals surface area contributed by atoms with Crippen molar-refractivity contribution in [3.05, 3.63) is 35.6 Å². The molecule has 4 heteroatoms. The van der Waals surface area contributed by atoms with Gasteiger partial charge < -0.3 is 5.32 Å². The van der Waals surface area contributed by atoms with E-state index in [-0.39, 0.29) is 17.5 Å². The summed E-state index contributed by atoms with van der Waals surface area (Å²) in [7, 11) is 0. The van der Waals surface area contributed by atoms with Crippen LogP contribution in [0.5, 0.6) is 0 Å². The van der Waals surface area contributed by atoms with Crippen LogP contribution in [-0.4, -0.2) is 23.5 Å². The van der Waals surface area contributed by atoms with E-state index < -0.39 is 5.82 Å². The number of carbonyl (C=O) groups excluding carboxylic acids is 1. The van der Waals surface area contributed by atoms with Gasteiger partial charge in [-0.05, 0) is 12.1 Å². The molecule has 1 aliphatic heterocycles. The first-order valence-corrected chi connectivity index (χ1v) is 5.56. The zero-order valence-electron chi connectivity index (χ0n) is 7.50. The molecule has 0 aliphatic carbocycles. The summed E-state index contributed by atoms with van der Waals surface area (Å²) in [5, 5.41) is 2.77. The molecule has 1 aliphatic rings. The molecule has 0 atom stereocenters. The summed E-state index contributed by atoms with van der Waals surface area (Å²) < 4.78 is 13.1. The van der Waals surface area contributed by atoms with E-state index in [0.29, 0.717) is 0 Å². The highest BCUT2D eigenvalue weighted by molar-refractivity contribution is 8.00. The van der Waals surface area contributed by atoms with Crippen molar-refractivity contribution in [2.24, 2.45) is 0 Å². The van der Waals surface area contributed by atoms with E-state index in [0.717, 1.165) is 11.5 Å². The minimum atomic E-state index is -0.461. The molecule has 0 saturated carbocycles. The Hall–Kier alpha value is -1.03. The van der Waals surface area contributed by atoms with Gasteiger partial charge in [-0.2, -0.15) is 11.8 Å². The summed E-state index contributed by atoms with van der Waals surface area (Å²) in [5.74, 6) is 1.09. The Morgan fingerprint density at radius 3 is 2.71 bits per heavy atom. The van der Waals surface area contributed by atoms with E-state index in [4.69, 9.17) is 0 Å². The highest BCUT2D eigenvalue weighted by Crippen LogP contribution is 2.18. The van der Waals surface area contributed by atoms with Crippen LogP contribution in [0.15, 0.2) is 24.3 Å². The molecule has 2 nitrogen and oxygen atoms in total. The van der Waals surface area contributed by atoms with E-state index in [1.807, 2.05) is 0 Å². The van der Waals surface area contributed by atoms with Gasteiger partial charge in [-0.3, -0.25) is 4.79 Å². The lowest BCUT2D eigenvalue weighted by Gasteiger charge is -2.25. The van der Waals surface area contributed by atoms with Gasteiger partial charge in [0.2, 0.25) is 0 Å². The Morgan fingerprint density at radius 1 is 1.43 bits per heavy atom. The molecule has 1 N–H and O–H groups in total. The summed E-state index contributed by atoms with van der Waals surface area (Å²) >= 11 is 1.78. The normalized spacial score (nSPS) is 16.1. The van der Waals surface area contributed by atoms with Gasteiger partial charge in [-0.15, -0.1) is 0 Å². The van der Waals surface area contributed by atoms with Gasteiger partial charge in [0.15, 0.2) is 0 Å². The highest BCUT2D eigenvalue weighted by Gasteiger charge is 2.21. The van der Waals surface area contributed by atoms with Crippen LogP contribution in [0.2, 0.25) is 0 Å². The monoisotopic (exact) mass is 211 g/mol. The average Bonchev–Trinajstić information content (AvgIpc) is 2.12. The number of halogens is 1. The van der Waals surface area contributed by atoms with Crippen molar-refractivity contribution < 1.29 is 9.18 Å². The Morgan fingerprint density at radius 2 is 2.14 bits per heavy atom. The van der Waals surface area contributed by atoms with E-state index in [2.05, 4.69) is 5.32 Å². The maximum atomic E-state index is 13.1. The predicted octanol–water partition coefficient (Wildman–Crippen LogP) is 1.67. The lowest BCUT2D eigenvalue weighted by Crippen LogP contribution is -2.44. The number of carbonyl (C=O) groups is 1. The van der Waals surface area contributed by atoms with Gasteiger partial charge >= 0.3 is 0 Å². The molecule has 1 amide bonds. The van der Waals surface area contributed by atoms with Crippen LogP contribution in [0.4, 0.5) is 4.39 Å². The molecule has 1 heterocycles. The maximum absolute atomic E-state index is 13.1. The number of rotatable bonds is 2. The number of thioether (sulfide) groups is 1. The first kappa shape index (κ1) is 9.52. The molecule has 2 rings (SSSR count). The molecule has 1 aromatic carbocycles. The number of hydrogen-bond donors (Lipinski definition) is 1. The summed E-state index contributed by atoms with van der Waals surface area (Å²) in [5.41, 5.74) is 0.129. The molecule has 1 aromatic rings. The molecule has 0 bridgehead atoms. The summed E-state index contributed by atoms with van der Waals surface area (Å²) in [4.78, 5) is 11.5. The Labute approximate surface area is 85.9 Å². The van der Waals surface area contributed by atoms with Gasteiger partial charge in [0, 0.05) is 17.5 Å². The third kappa shape index (κ3) is 1.90. The number of hydrogen-bond acceptors (Lipinski definition) is 2. The van der Waals surface area contributed by atoms with Gasteiger partial charge in [-0.1, -0.05) is 12.1 Å². The number of amides is 1. The zero-order valence-corrected chi connectivity index (χ0v) is 8.31. The molecular formula is C10H10FNOS. The molecule has 1 fully saturated rings. The van der Waals surface area contributed by atoms with Crippen LogP contribution in [0.25, 0.3) is 0 Å². The smallest absolute Gasteiger partial charge is 0.254 e. The van der Waals surface area contributed by atoms with E-state index in [1.54, 1.807) is 23.9 Å². The molecule has 14 heavy (non-hydrogen) atoms. The first-order chi connectivity index (χ1) is 6.77. The van der Waals surface area contributed by atoms with E-state index in [1.165, 1.54) is 12.1 Å². The van der Waals surface area contributed by atoms with Crippen LogP contribution in [0.1, 0.15) is 10.4 Å². The number of nitrogens with one attached hydrogen (secondary N) is 1. The Balaban J connectivity index is 2.06. The van der Waals surface area contributed by atoms with Crippen molar-refractivity contribution in [2.45, 2.75) is 6.04 Å². The first-order valence-electron chi connectivity index (χ1n) is 4.40. The second-order valence-corrected chi connectivity index (χ2v) is 4.26. The highest BCUT2D eigenvalue weighted by atomic mass is 32.2. The van der Waals surface area contributed by atoms with Crippen molar-refractivity contribution in [3.8, 4) is 0 Å². The van der Waals surface area contributed by atoms with Crippen molar-refractivity contribution in [1.29, 1.82) is 0 Å². The quantitative estimate of drug-likeness (QED) is 0.806. The summed E-state index contributed by atoms with van der Waals surface area (Å²) in [6.07, 6.45) is 0. The fraction of sp³-hybridized carbons (Fsp3) is 0.300. The molecule has 74 valence electrons. The molecular weight excluding hydrogens is 201 g/mol. The second-order valence-electron chi connectivity index (χ2n) is 3.19. The maximum Gasteiger partial charge on any atom is 0.254 e. The van der Waals surface area contributed by atoms with Crippen LogP contribution >= 0.6 is 11.8 Å². The third-order valence-corrected chi connectivity index (χ3v) is 3.37. The largest absolute Gasteiger partial charge is 0.348 e. The molecule has 0 aromatic heterocycles. The SMILES string of the molecule is O=C(NC1CSC1)c1ccccc1F. The predicted molar refractivity (Wildman–Crippen MR) is 55.0 cm³/mol. The standard InChI is InChI=1S/C10H10FNOS/c11-9-4-2-1-3-8(9)10(13)12-7-5-14-6-7/h1-4,7H,5-6H2,(H,12,13). The molecule has 0 radical (unpaired) electrons. The van der Waals surface area contributed by atoms with Crippen LogP contribution in [0, 0.1) is 5.82 Å². The lowest BCUT2D eigenvalue weighted by atomic mass is 10.2. The topological polar surface area (TPSA) is 29.1 Å². The van der Waals surface area contributed by atoms with Crippen molar-refractivity contribution in [2.75, 3.05) is 11.5 Å². The molecule has 1 saturated heterocycles. The Bertz CT molecular complexity index is 352. The zero-order chi connectivity index (χ0) is 9.97. The average molecular weight is 211 g/mol.